The Bertz CT molecular complexity index is 214. The van der Waals surface area contributed by atoms with Crippen LogP contribution in [0.4, 0.5) is 0 Å². The van der Waals surface area contributed by atoms with Crippen molar-refractivity contribution in [1.29, 1.82) is 0 Å². The third-order valence-electron chi connectivity index (χ3n) is 2.93. The Hall–Kier alpha value is -0.650. The number of amides is 1. The van der Waals surface area contributed by atoms with Gasteiger partial charge in [0.1, 0.15) is 6.61 Å². The van der Waals surface area contributed by atoms with E-state index in [1.165, 1.54) is 0 Å². The van der Waals surface area contributed by atoms with Crippen LogP contribution < -0.4 is 5.32 Å². The predicted molar refractivity (Wildman–Crippen MR) is 59.1 cm³/mol. The van der Waals surface area contributed by atoms with Crippen molar-refractivity contribution >= 4 is 5.91 Å². The standard InChI is InChI=1S/C11H21NO4/c1-15-6-7-16-8-10(14)12-11(9-13)4-2-3-5-11/h13H,2-9H2,1H3,(H,12,14). The summed E-state index contributed by atoms with van der Waals surface area (Å²) in [6.45, 7) is 0.941. The van der Waals surface area contributed by atoms with Crippen LogP contribution in [0.3, 0.4) is 0 Å². The average Bonchev–Trinajstić information content (AvgIpc) is 2.74. The Kier molecular flexibility index (Phi) is 5.73. The van der Waals surface area contributed by atoms with Gasteiger partial charge in [0.15, 0.2) is 0 Å². The fraction of sp³-hybridized carbons (Fsp3) is 0.909. The van der Waals surface area contributed by atoms with E-state index in [9.17, 15) is 9.90 Å². The van der Waals surface area contributed by atoms with Crippen LogP contribution in [0, 0.1) is 0 Å². The normalized spacial score (nSPS) is 18.6. The molecule has 0 saturated heterocycles. The third-order valence-corrected chi connectivity index (χ3v) is 2.93. The highest BCUT2D eigenvalue weighted by atomic mass is 16.5. The number of carbonyl (C=O) groups is 1. The zero-order chi connectivity index (χ0) is 11.9. The minimum absolute atomic E-state index is 0.0107. The van der Waals surface area contributed by atoms with E-state index in [0.29, 0.717) is 13.2 Å². The zero-order valence-electron chi connectivity index (χ0n) is 9.83. The molecule has 94 valence electrons. The molecule has 2 N–H and O–H groups in total. The Labute approximate surface area is 96.1 Å². The number of methoxy groups -OCH3 is 1. The van der Waals surface area contributed by atoms with Crippen molar-refractivity contribution in [3.05, 3.63) is 0 Å². The highest BCUT2D eigenvalue weighted by molar-refractivity contribution is 5.78. The summed E-state index contributed by atoms with van der Waals surface area (Å²) in [6, 6.07) is 0. The maximum absolute atomic E-state index is 11.5. The molecular weight excluding hydrogens is 210 g/mol. The monoisotopic (exact) mass is 231 g/mol. The predicted octanol–water partition coefficient (Wildman–Crippen LogP) is 0.0707. The van der Waals surface area contributed by atoms with Gasteiger partial charge in [0.2, 0.25) is 5.91 Å². The smallest absolute Gasteiger partial charge is 0.246 e. The minimum Gasteiger partial charge on any atom is -0.394 e. The summed E-state index contributed by atoms with van der Waals surface area (Å²) in [5.74, 6) is -0.160. The van der Waals surface area contributed by atoms with Crippen molar-refractivity contribution in [2.24, 2.45) is 0 Å². The fourth-order valence-corrected chi connectivity index (χ4v) is 2.01. The van der Waals surface area contributed by atoms with Gasteiger partial charge in [-0.15, -0.1) is 0 Å². The zero-order valence-corrected chi connectivity index (χ0v) is 9.83. The molecule has 0 bridgehead atoms. The molecule has 0 heterocycles. The van der Waals surface area contributed by atoms with Crippen LogP contribution in [0.25, 0.3) is 0 Å². The van der Waals surface area contributed by atoms with E-state index >= 15 is 0 Å². The molecule has 1 saturated carbocycles. The number of aliphatic hydroxyl groups is 1. The van der Waals surface area contributed by atoms with Crippen LogP contribution in [-0.2, 0) is 14.3 Å². The largest absolute Gasteiger partial charge is 0.394 e. The van der Waals surface area contributed by atoms with Gasteiger partial charge in [-0.25, -0.2) is 0 Å². The summed E-state index contributed by atoms with van der Waals surface area (Å²) in [4.78, 5) is 11.5. The van der Waals surface area contributed by atoms with Crippen molar-refractivity contribution in [3.63, 3.8) is 0 Å². The molecule has 0 aromatic rings. The van der Waals surface area contributed by atoms with Gasteiger partial charge >= 0.3 is 0 Å². The summed E-state index contributed by atoms with van der Waals surface area (Å²) < 4.78 is 9.92. The summed E-state index contributed by atoms with van der Waals surface area (Å²) in [5.41, 5.74) is -0.401. The number of ether oxygens (including phenoxy) is 2. The van der Waals surface area contributed by atoms with E-state index in [0.717, 1.165) is 25.7 Å². The second-order valence-electron chi connectivity index (χ2n) is 4.24. The lowest BCUT2D eigenvalue weighted by molar-refractivity contribution is -0.128. The number of nitrogens with one attached hydrogen (secondary N) is 1. The highest BCUT2D eigenvalue weighted by Crippen LogP contribution is 2.28. The van der Waals surface area contributed by atoms with Crippen LogP contribution in [0.1, 0.15) is 25.7 Å². The highest BCUT2D eigenvalue weighted by Gasteiger charge is 2.34. The van der Waals surface area contributed by atoms with Crippen molar-refractivity contribution in [1.82, 2.24) is 5.32 Å². The van der Waals surface area contributed by atoms with Crippen LogP contribution in [0.5, 0.6) is 0 Å². The van der Waals surface area contributed by atoms with E-state index < -0.39 is 5.54 Å². The molecule has 0 radical (unpaired) electrons. The molecule has 1 rings (SSSR count). The first-order valence-electron chi connectivity index (χ1n) is 5.71. The summed E-state index contributed by atoms with van der Waals surface area (Å²) in [5, 5.41) is 12.2. The van der Waals surface area contributed by atoms with Gasteiger partial charge in [0.25, 0.3) is 0 Å². The number of rotatable bonds is 7. The van der Waals surface area contributed by atoms with Gasteiger partial charge in [-0.05, 0) is 12.8 Å². The molecule has 0 aromatic carbocycles. The molecule has 1 amide bonds. The molecule has 0 spiro atoms. The maximum Gasteiger partial charge on any atom is 0.246 e. The minimum atomic E-state index is -0.401. The summed E-state index contributed by atoms with van der Waals surface area (Å²) in [6.07, 6.45) is 3.83. The molecule has 5 nitrogen and oxygen atoms in total. The van der Waals surface area contributed by atoms with Gasteiger partial charge in [0, 0.05) is 7.11 Å². The van der Waals surface area contributed by atoms with E-state index in [4.69, 9.17) is 9.47 Å². The molecule has 1 aliphatic rings. The van der Waals surface area contributed by atoms with Crippen molar-refractivity contribution in [2.45, 2.75) is 31.2 Å². The molecule has 0 atom stereocenters. The number of hydrogen-bond acceptors (Lipinski definition) is 4. The first kappa shape index (κ1) is 13.4. The van der Waals surface area contributed by atoms with Gasteiger partial charge < -0.3 is 19.9 Å². The molecule has 0 aliphatic heterocycles. The second-order valence-corrected chi connectivity index (χ2v) is 4.24. The number of carbonyl (C=O) groups excluding carboxylic acids is 1. The van der Waals surface area contributed by atoms with Crippen molar-refractivity contribution < 1.29 is 19.4 Å². The Morgan fingerprint density at radius 1 is 1.38 bits per heavy atom. The van der Waals surface area contributed by atoms with Crippen LogP contribution in [0.2, 0.25) is 0 Å². The third kappa shape index (κ3) is 4.08. The molecule has 1 aliphatic carbocycles. The Balaban J connectivity index is 2.21. The lowest BCUT2D eigenvalue weighted by Crippen LogP contribution is -2.50. The summed E-state index contributed by atoms with van der Waals surface area (Å²) >= 11 is 0. The van der Waals surface area contributed by atoms with E-state index in [1.54, 1.807) is 7.11 Å². The van der Waals surface area contributed by atoms with Crippen LogP contribution >= 0.6 is 0 Å². The second kappa shape index (κ2) is 6.83. The first-order chi connectivity index (χ1) is 7.72. The Morgan fingerprint density at radius 3 is 2.62 bits per heavy atom. The quantitative estimate of drug-likeness (QED) is 0.608. The van der Waals surface area contributed by atoms with E-state index in [1.807, 2.05) is 0 Å². The summed E-state index contributed by atoms with van der Waals surface area (Å²) in [7, 11) is 1.59. The topological polar surface area (TPSA) is 67.8 Å². The lowest BCUT2D eigenvalue weighted by atomic mass is 9.99. The van der Waals surface area contributed by atoms with Gasteiger partial charge in [-0.3, -0.25) is 4.79 Å². The van der Waals surface area contributed by atoms with Crippen molar-refractivity contribution in [2.75, 3.05) is 33.5 Å². The Morgan fingerprint density at radius 2 is 2.06 bits per heavy atom. The van der Waals surface area contributed by atoms with Crippen molar-refractivity contribution in [3.8, 4) is 0 Å². The molecular formula is C11H21NO4. The van der Waals surface area contributed by atoms with E-state index in [2.05, 4.69) is 5.32 Å². The van der Waals surface area contributed by atoms with Gasteiger partial charge in [0.05, 0.1) is 25.4 Å². The molecule has 5 heteroatoms. The van der Waals surface area contributed by atoms with Gasteiger partial charge in [-0.2, -0.15) is 0 Å². The molecule has 0 unspecified atom stereocenters. The number of aliphatic hydroxyl groups excluding tert-OH is 1. The van der Waals surface area contributed by atoms with Crippen LogP contribution in [0.15, 0.2) is 0 Å². The fourth-order valence-electron chi connectivity index (χ4n) is 2.01. The average molecular weight is 231 g/mol. The van der Waals surface area contributed by atoms with E-state index in [-0.39, 0.29) is 19.1 Å². The lowest BCUT2D eigenvalue weighted by Gasteiger charge is -2.27. The number of hydrogen-bond donors (Lipinski definition) is 2. The van der Waals surface area contributed by atoms with Gasteiger partial charge in [-0.1, -0.05) is 12.8 Å². The molecule has 1 fully saturated rings. The molecule has 0 aromatic heterocycles. The first-order valence-corrected chi connectivity index (χ1v) is 5.71. The maximum atomic E-state index is 11.5. The SMILES string of the molecule is COCCOCC(=O)NC1(CO)CCCC1. The van der Waals surface area contributed by atoms with Crippen LogP contribution in [-0.4, -0.2) is 50.1 Å². The molecule has 16 heavy (non-hydrogen) atoms.